The van der Waals surface area contributed by atoms with Crippen molar-refractivity contribution in [2.75, 3.05) is 0 Å². The Hall–Kier alpha value is -2.10. The Balaban J connectivity index is 1.72. The van der Waals surface area contributed by atoms with Crippen LogP contribution in [0.5, 0.6) is 0 Å². The van der Waals surface area contributed by atoms with E-state index in [1.807, 2.05) is 22.9 Å². The maximum atomic E-state index is 12.7. The van der Waals surface area contributed by atoms with Gasteiger partial charge in [0.15, 0.2) is 0 Å². The summed E-state index contributed by atoms with van der Waals surface area (Å²) in [6.07, 6.45) is 9.77. The molecule has 1 aromatic carbocycles. The minimum Gasteiger partial charge on any atom is -0.349 e. The molecule has 1 heterocycles. The zero-order valence-electron chi connectivity index (χ0n) is 14.5. The third-order valence-corrected chi connectivity index (χ3v) is 4.89. The molecule has 1 amide bonds. The van der Waals surface area contributed by atoms with Gasteiger partial charge in [-0.1, -0.05) is 62.9 Å². The first-order valence-corrected chi connectivity index (χ1v) is 9.17. The molecule has 0 radical (unpaired) electrons. The zero-order valence-corrected chi connectivity index (χ0v) is 14.5. The lowest BCUT2D eigenvalue weighted by molar-refractivity contribution is 0.0932. The van der Waals surface area contributed by atoms with Crippen molar-refractivity contribution in [2.24, 2.45) is 0 Å². The molecule has 3 rings (SSSR count). The smallest absolute Gasteiger partial charge is 0.254 e. The summed E-state index contributed by atoms with van der Waals surface area (Å²) in [5.41, 5.74) is 2.95. The second-order valence-corrected chi connectivity index (χ2v) is 6.66. The van der Waals surface area contributed by atoms with Gasteiger partial charge in [0.2, 0.25) is 0 Å². The van der Waals surface area contributed by atoms with E-state index in [-0.39, 0.29) is 5.91 Å². The van der Waals surface area contributed by atoms with Gasteiger partial charge < -0.3 is 5.32 Å². The predicted octanol–water partition coefficient (Wildman–Crippen LogP) is 3.95. The number of nitrogens with one attached hydrogen (secondary N) is 1. The topological polar surface area (TPSA) is 46.9 Å². The second kappa shape index (κ2) is 8.13. The molecule has 4 heteroatoms. The van der Waals surface area contributed by atoms with Crippen LogP contribution in [0.2, 0.25) is 0 Å². The van der Waals surface area contributed by atoms with Gasteiger partial charge in [0.1, 0.15) is 0 Å². The van der Waals surface area contributed by atoms with Crippen LogP contribution in [-0.2, 0) is 13.0 Å². The van der Waals surface area contributed by atoms with Crippen LogP contribution >= 0.6 is 0 Å². The fourth-order valence-electron chi connectivity index (χ4n) is 3.55. The average molecular weight is 325 g/mol. The van der Waals surface area contributed by atoms with Crippen molar-refractivity contribution >= 4 is 5.91 Å². The van der Waals surface area contributed by atoms with Crippen molar-refractivity contribution in [1.29, 1.82) is 0 Å². The van der Waals surface area contributed by atoms with Crippen LogP contribution in [0.3, 0.4) is 0 Å². The predicted molar refractivity (Wildman–Crippen MR) is 96.1 cm³/mol. The summed E-state index contributed by atoms with van der Waals surface area (Å²) < 4.78 is 1.96. The Kier molecular flexibility index (Phi) is 5.68. The molecule has 1 N–H and O–H groups in total. The summed E-state index contributed by atoms with van der Waals surface area (Å²) in [6.45, 7) is 2.79. The summed E-state index contributed by atoms with van der Waals surface area (Å²) >= 11 is 0. The summed E-state index contributed by atoms with van der Waals surface area (Å²) in [5, 5.41) is 7.71. The van der Waals surface area contributed by atoms with Crippen LogP contribution in [0.1, 0.15) is 67.1 Å². The number of hydrogen-bond acceptors (Lipinski definition) is 2. The molecule has 128 valence electrons. The largest absolute Gasteiger partial charge is 0.349 e. The van der Waals surface area contributed by atoms with Crippen molar-refractivity contribution in [3.8, 4) is 0 Å². The number of nitrogens with zero attached hydrogens (tertiary/aromatic N) is 2. The van der Waals surface area contributed by atoms with Crippen molar-refractivity contribution in [1.82, 2.24) is 15.1 Å². The van der Waals surface area contributed by atoms with E-state index < -0.39 is 0 Å². The van der Waals surface area contributed by atoms with Crippen molar-refractivity contribution in [3.63, 3.8) is 0 Å². The van der Waals surface area contributed by atoms with E-state index in [2.05, 4.69) is 29.5 Å². The normalized spacial score (nSPS) is 15.9. The molecule has 0 unspecified atom stereocenters. The van der Waals surface area contributed by atoms with E-state index in [1.165, 1.54) is 31.2 Å². The molecule has 24 heavy (non-hydrogen) atoms. The van der Waals surface area contributed by atoms with Crippen LogP contribution in [0.25, 0.3) is 0 Å². The number of carbonyl (C=O) groups excluding carboxylic acids is 1. The number of aromatic nitrogens is 2. The Bertz CT molecular complexity index is 655. The zero-order chi connectivity index (χ0) is 16.8. The number of benzene rings is 1. The third kappa shape index (κ3) is 4.05. The molecule has 1 aliphatic carbocycles. The van der Waals surface area contributed by atoms with Crippen LogP contribution in [0, 0.1) is 0 Å². The van der Waals surface area contributed by atoms with E-state index in [4.69, 9.17) is 0 Å². The van der Waals surface area contributed by atoms with Gasteiger partial charge in [-0.15, -0.1) is 0 Å². The average Bonchev–Trinajstić information content (AvgIpc) is 2.83. The standard InChI is InChI=1S/C20H27N3O/c1-2-19-18(20(24)22-17-12-8-3-4-9-13-17)14-21-23(19)15-16-10-6-5-7-11-16/h5-7,10-11,14,17H,2-4,8-9,12-13,15H2,1H3,(H,22,24). The molecule has 0 bridgehead atoms. The molecule has 1 fully saturated rings. The highest BCUT2D eigenvalue weighted by atomic mass is 16.1. The summed E-state index contributed by atoms with van der Waals surface area (Å²) in [7, 11) is 0. The van der Waals surface area contributed by atoms with Gasteiger partial charge in [-0.3, -0.25) is 9.48 Å². The van der Waals surface area contributed by atoms with Crippen LogP contribution < -0.4 is 5.32 Å². The van der Waals surface area contributed by atoms with E-state index in [9.17, 15) is 4.79 Å². The summed E-state index contributed by atoms with van der Waals surface area (Å²) in [5.74, 6) is 0.0399. The molecular weight excluding hydrogens is 298 g/mol. The van der Waals surface area contributed by atoms with E-state index in [1.54, 1.807) is 6.20 Å². The van der Waals surface area contributed by atoms with Gasteiger partial charge in [-0.25, -0.2) is 0 Å². The lowest BCUT2D eigenvalue weighted by Gasteiger charge is -2.16. The Morgan fingerprint density at radius 3 is 2.54 bits per heavy atom. The highest BCUT2D eigenvalue weighted by molar-refractivity contribution is 5.95. The Morgan fingerprint density at radius 2 is 1.88 bits per heavy atom. The van der Waals surface area contributed by atoms with Gasteiger partial charge in [0.05, 0.1) is 24.0 Å². The van der Waals surface area contributed by atoms with Crippen molar-refractivity contribution in [2.45, 2.75) is 64.5 Å². The van der Waals surface area contributed by atoms with E-state index in [0.29, 0.717) is 12.6 Å². The molecule has 0 saturated heterocycles. The highest BCUT2D eigenvalue weighted by Gasteiger charge is 2.20. The lowest BCUT2D eigenvalue weighted by Crippen LogP contribution is -2.34. The molecule has 1 aromatic heterocycles. The number of amides is 1. The lowest BCUT2D eigenvalue weighted by atomic mass is 10.1. The minimum atomic E-state index is 0.0399. The summed E-state index contributed by atoms with van der Waals surface area (Å²) in [4.78, 5) is 12.7. The van der Waals surface area contributed by atoms with Gasteiger partial charge in [0, 0.05) is 6.04 Å². The summed E-state index contributed by atoms with van der Waals surface area (Å²) in [6, 6.07) is 10.6. The van der Waals surface area contributed by atoms with Crippen molar-refractivity contribution in [3.05, 3.63) is 53.3 Å². The fourth-order valence-corrected chi connectivity index (χ4v) is 3.55. The van der Waals surface area contributed by atoms with Crippen LogP contribution in [0.4, 0.5) is 0 Å². The van der Waals surface area contributed by atoms with Gasteiger partial charge in [-0.05, 0) is 24.8 Å². The number of rotatable bonds is 5. The molecule has 2 aromatic rings. The fraction of sp³-hybridized carbons (Fsp3) is 0.500. The molecule has 0 atom stereocenters. The number of hydrogen-bond donors (Lipinski definition) is 1. The minimum absolute atomic E-state index is 0.0399. The first-order valence-electron chi connectivity index (χ1n) is 9.17. The van der Waals surface area contributed by atoms with Gasteiger partial charge in [-0.2, -0.15) is 5.10 Å². The SMILES string of the molecule is CCc1c(C(=O)NC2CCCCCC2)cnn1Cc1ccccc1. The van der Waals surface area contributed by atoms with Gasteiger partial charge in [0.25, 0.3) is 5.91 Å². The van der Waals surface area contributed by atoms with Crippen molar-refractivity contribution < 1.29 is 4.79 Å². The Morgan fingerprint density at radius 1 is 1.17 bits per heavy atom. The second-order valence-electron chi connectivity index (χ2n) is 6.66. The molecule has 0 aliphatic heterocycles. The quantitative estimate of drug-likeness (QED) is 0.846. The van der Waals surface area contributed by atoms with E-state index in [0.717, 1.165) is 30.5 Å². The Labute approximate surface area is 144 Å². The first-order chi connectivity index (χ1) is 11.8. The monoisotopic (exact) mass is 325 g/mol. The van der Waals surface area contributed by atoms with E-state index >= 15 is 0 Å². The maximum absolute atomic E-state index is 12.7. The van der Waals surface area contributed by atoms with Crippen LogP contribution in [-0.4, -0.2) is 21.7 Å². The first kappa shape index (κ1) is 16.7. The molecule has 1 saturated carbocycles. The number of carbonyl (C=O) groups is 1. The molecule has 1 aliphatic rings. The molecule has 0 spiro atoms. The third-order valence-electron chi connectivity index (χ3n) is 4.89. The molecular formula is C20H27N3O. The molecule has 4 nitrogen and oxygen atoms in total. The van der Waals surface area contributed by atoms with Gasteiger partial charge >= 0.3 is 0 Å². The van der Waals surface area contributed by atoms with Crippen LogP contribution in [0.15, 0.2) is 36.5 Å². The highest BCUT2D eigenvalue weighted by Crippen LogP contribution is 2.18. The maximum Gasteiger partial charge on any atom is 0.254 e.